The molecule has 1 N–H and O–H groups in total. The van der Waals surface area contributed by atoms with E-state index in [1.807, 2.05) is 53.1 Å². The number of halogens is 1. The van der Waals surface area contributed by atoms with Gasteiger partial charge in [0.05, 0.1) is 24.0 Å². The summed E-state index contributed by atoms with van der Waals surface area (Å²) in [7, 11) is 0. The van der Waals surface area contributed by atoms with Crippen LogP contribution in [0.1, 0.15) is 44.1 Å². The van der Waals surface area contributed by atoms with Crippen molar-refractivity contribution in [3.8, 4) is 0 Å². The lowest BCUT2D eigenvalue weighted by Gasteiger charge is -2.43. The molecule has 6 rings (SSSR count). The molecular formula is C30H34ClN5O4. The summed E-state index contributed by atoms with van der Waals surface area (Å²) in [6.07, 6.45) is 7.03. The number of piperidine rings is 1. The SMILES string of the molecule is Cc1nc(CCOCCCC(=O)N2CC[C@H](N3C(O)=NC4=CC(Cl)=CCC43)[C@@H](C)C2)nc2c1oc1ccccc12. The molecule has 210 valence electrons. The zero-order valence-corrected chi connectivity index (χ0v) is 23.6. The number of aromatic nitrogens is 2. The second-order valence-electron chi connectivity index (χ2n) is 10.9. The first-order chi connectivity index (χ1) is 19.4. The molecule has 9 nitrogen and oxygen atoms in total. The van der Waals surface area contributed by atoms with Crippen LogP contribution in [0.5, 0.6) is 0 Å². The van der Waals surface area contributed by atoms with E-state index in [2.05, 4.69) is 16.9 Å². The summed E-state index contributed by atoms with van der Waals surface area (Å²) in [5.74, 6) is 1.09. The maximum absolute atomic E-state index is 12.9. The molecule has 0 spiro atoms. The maximum Gasteiger partial charge on any atom is 0.290 e. The third-order valence-electron chi connectivity index (χ3n) is 8.11. The second kappa shape index (κ2) is 11.2. The van der Waals surface area contributed by atoms with Crippen molar-refractivity contribution in [2.24, 2.45) is 10.9 Å². The van der Waals surface area contributed by atoms with E-state index in [0.717, 1.165) is 52.1 Å². The van der Waals surface area contributed by atoms with E-state index in [9.17, 15) is 9.90 Å². The van der Waals surface area contributed by atoms with Crippen molar-refractivity contribution >= 4 is 45.6 Å². The van der Waals surface area contributed by atoms with Crippen molar-refractivity contribution in [2.45, 2.75) is 58.0 Å². The third kappa shape index (κ3) is 5.20. The molecule has 1 saturated heterocycles. The van der Waals surface area contributed by atoms with Crippen LogP contribution in [0.15, 0.2) is 56.6 Å². The van der Waals surface area contributed by atoms with E-state index in [1.54, 1.807) is 0 Å². The normalized spacial score (nSPS) is 22.9. The number of amidine groups is 1. The Labute approximate surface area is 238 Å². The van der Waals surface area contributed by atoms with Crippen LogP contribution in [-0.2, 0) is 16.0 Å². The summed E-state index contributed by atoms with van der Waals surface area (Å²) >= 11 is 6.14. The number of furan rings is 1. The Bertz CT molecular complexity index is 1530. The first-order valence-corrected chi connectivity index (χ1v) is 14.4. The first-order valence-electron chi connectivity index (χ1n) is 14.0. The summed E-state index contributed by atoms with van der Waals surface area (Å²) in [6, 6.07) is 8.08. The minimum Gasteiger partial charge on any atom is -0.480 e. The van der Waals surface area contributed by atoms with Gasteiger partial charge < -0.3 is 24.1 Å². The topological polar surface area (TPSA) is 104 Å². The molecule has 1 amide bonds. The highest BCUT2D eigenvalue weighted by atomic mass is 35.5. The molecule has 40 heavy (non-hydrogen) atoms. The smallest absolute Gasteiger partial charge is 0.290 e. The predicted octanol–water partition coefficient (Wildman–Crippen LogP) is 5.27. The Morgan fingerprint density at radius 1 is 1.25 bits per heavy atom. The lowest BCUT2D eigenvalue weighted by molar-refractivity contribution is -0.134. The molecule has 3 aliphatic rings. The minimum atomic E-state index is 0.0182. The van der Waals surface area contributed by atoms with Crippen molar-refractivity contribution in [3.05, 3.63) is 58.7 Å². The Hall–Kier alpha value is -3.43. The summed E-state index contributed by atoms with van der Waals surface area (Å²) in [5.41, 5.74) is 4.02. The van der Waals surface area contributed by atoms with Gasteiger partial charge in [0.1, 0.15) is 16.9 Å². The molecule has 1 unspecified atom stereocenters. The van der Waals surface area contributed by atoms with Gasteiger partial charge in [-0.05, 0) is 50.3 Å². The fourth-order valence-corrected chi connectivity index (χ4v) is 6.32. The van der Waals surface area contributed by atoms with Gasteiger partial charge in [-0.15, -0.1) is 0 Å². The van der Waals surface area contributed by atoms with Crippen LogP contribution >= 0.6 is 11.6 Å². The standard InChI is InChI=1S/C30H34ClN5O4/c1-18-17-35(13-11-23(18)36-24-10-9-20(31)16-22(24)33-30(36)38)27(37)8-5-14-39-15-12-26-32-19(2)29-28(34-26)21-6-3-4-7-25(21)40-29/h3-4,6-7,9,16,18,23-24H,5,8,10-15,17H2,1-2H3,(H,33,38)/t18-,23-,24?/m0/s1. The number of hydrogen-bond donors (Lipinski definition) is 1. The number of para-hydroxylation sites is 1. The van der Waals surface area contributed by atoms with Crippen LogP contribution in [0.2, 0.25) is 0 Å². The lowest BCUT2D eigenvalue weighted by Crippen LogP contribution is -2.55. The zero-order chi connectivity index (χ0) is 27.8. The Kier molecular flexibility index (Phi) is 7.51. The van der Waals surface area contributed by atoms with Crippen molar-refractivity contribution in [3.63, 3.8) is 0 Å². The van der Waals surface area contributed by atoms with Gasteiger partial charge in [-0.3, -0.25) is 4.79 Å². The molecule has 0 bridgehead atoms. The molecule has 0 radical (unpaired) electrons. The zero-order valence-electron chi connectivity index (χ0n) is 22.8. The molecule has 4 heterocycles. The number of nitrogens with zero attached hydrogens (tertiary/aromatic N) is 5. The van der Waals surface area contributed by atoms with Gasteiger partial charge in [0, 0.05) is 49.0 Å². The van der Waals surface area contributed by atoms with Crippen LogP contribution < -0.4 is 0 Å². The Morgan fingerprint density at radius 2 is 2.10 bits per heavy atom. The van der Waals surface area contributed by atoms with Crippen LogP contribution in [0.25, 0.3) is 22.1 Å². The minimum absolute atomic E-state index is 0.0182. The predicted molar refractivity (Wildman–Crippen MR) is 154 cm³/mol. The first kappa shape index (κ1) is 26.8. The van der Waals surface area contributed by atoms with Gasteiger partial charge in [-0.1, -0.05) is 36.7 Å². The van der Waals surface area contributed by atoms with Crippen molar-refractivity contribution in [1.82, 2.24) is 19.8 Å². The summed E-state index contributed by atoms with van der Waals surface area (Å²) in [4.78, 5) is 30.5. The number of aliphatic hydroxyl groups excluding tert-OH is 1. The lowest BCUT2D eigenvalue weighted by atomic mass is 9.90. The van der Waals surface area contributed by atoms with E-state index in [0.29, 0.717) is 50.6 Å². The number of hydrogen-bond acceptors (Lipinski definition) is 7. The number of aliphatic hydroxyl groups is 1. The molecule has 1 aromatic carbocycles. The highest BCUT2D eigenvalue weighted by Crippen LogP contribution is 2.35. The Balaban J connectivity index is 0.943. The summed E-state index contributed by atoms with van der Waals surface area (Å²) in [6.45, 7) is 6.42. The molecule has 0 saturated carbocycles. The fourth-order valence-electron chi connectivity index (χ4n) is 6.12. The second-order valence-corrected chi connectivity index (χ2v) is 11.3. The number of fused-ring (bicyclic) bond motifs is 4. The number of carbonyl (C=O) groups excluding carboxylic acids is 1. The van der Waals surface area contributed by atoms with Crippen LogP contribution in [0.4, 0.5) is 0 Å². The number of aliphatic imine (C=N–C) groups is 1. The summed E-state index contributed by atoms with van der Waals surface area (Å²) in [5, 5.41) is 12.2. The van der Waals surface area contributed by atoms with E-state index < -0.39 is 0 Å². The molecule has 2 aromatic heterocycles. The molecule has 3 atom stereocenters. The maximum atomic E-state index is 12.9. The van der Waals surface area contributed by atoms with Gasteiger partial charge in [-0.2, -0.15) is 4.99 Å². The molecular weight excluding hydrogens is 530 g/mol. The van der Waals surface area contributed by atoms with Crippen molar-refractivity contribution in [1.29, 1.82) is 0 Å². The van der Waals surface area contributed by atoms with Crippen molar-refractivity contribution in [2.75, 3.05) is 26.3 Å². The largest absolute Gasteiger partial charge is 0.480 e. The number of carbonyl (C=O) groups is 1. The molecule has 1 aliphatic carbocycles. The Morgan fingerprint density at radius 3 is 2.95 bits per heavy atom. The number of allylic oxidation sites excluding steroid dienone is 2. The van der Waals surface area contributed by atoms with E-state index in [1.165, 1.54) is 0 Å². The average molecular weight is 564 g/mol. The molecule has 10 heteroatoms. The molecule has 2 aliphatic heterocycles. The van der Waals surface area contributed by atoms with Gasteiger partial charge in [-0.25, -0.2) is 9.97 Å². The average Bonchev–Trinajstić information content (AvgIpc) is 3.47. The van der Waals surface area contributed by atoms with Gasteiger partial charge in [0.25, 0.3) is 6.02 Å². The number of rotatable bonds is 8. The van der Waals surface area contributed by atoms with E-state index in [-0.39, 0.29) is 29.9 Å². The number of aryl methyl sites for hydroxylation is 1. The quantitative estimate of drug-likeness (QED) is 0.372. The molecule has 3 aromatic rings. The number of likely N-dealkylation sites (tertiary alicyclic amines) is 1. The van der Waals surface area contributed by atoms with E-state index >= 15 is 0 Å². The highest BCUT2D eigenvalue weighted by molar-refractivity contribution is 6.31. The van der Waals surface area contributed by atoms with Gasteiger partial charge in [0.2, 0.25) is 5.91 Å². The monoisotopic (exact) mass is 563 g/mol. The molecule has 1 fully saturated rings. The number of amides is 1. The van der Waals surface area contributed by atoms with Crippen LogP contribution in [0, 0.1) is 12.8 Å². The highest BCUT2D eigenvalue weighted by Gasteiger charge is 2.42. The van der Waals surface area contributed by atoms with Crippen LogP contribution in [0.3, 0.4) is 0 Å². The number of benzene rings is 1. The fraction of sp³-hybridized carbons (Fsp3) is 0.467. The van der Waals surface area contributed by atoms with Gasteiger partial charge >= 0.3 is 0 Å². The third-order valence-corrected chi connectivity index (χ3v) is 8.38. The van der Waals surface area contributed by atoms with Crippen LogP contribution in [-0.4, -0.2) is 75.2 Å². The van der Waals surface area contributed by atoms with E-state index in [4.69, 9.17) is 25.7 Å². The van der Waals surface area contributed by atoms with Crippen molar-refractivity contribution < 1.29 is 19.1 Å². The summed E-state index contributed by atoms with van der Waals surface area (Å²) < 4.78 is 11.7. The number of ether oxygens (including phenoxy) is 1. The van der Waals surface area contributed by atoms with Gasteiger partial charge in [0.15, 0.2) is 5.58 Å².